The molecule has 3 atom stereocenters. The summed E-state index contributed by atoms with van der Waals surface area (Å²) in [5.41, 5.74) is 0.537. The fourth-order valence-corrected chi connectivity index (χ4v) is 4.98. The van der Waals surface area contributed by atoms with E-state index in [1.54, 1.807) is 24.7 Å². The van der Waals surface area contributed by atoms with E-state index in [4.69, 9.17) is 21.1 Å². The van der Waals surface area contributed by atoms with Crippen LogP contribution in [0.5, 0.6) is 0 Å². The third-order valence-corrected chi connectivity index (χ3v) is 6.53. The smallest absolute Gasteiger partial charge is 0.226 e. The molecule has 4 rings (SSSR count). The van der Waals surface area contributed by atoms with Crippen LogP contribution >= 0.6 is 23.4 Å². The van der Waals surface area contributed by atoms with Crippen LogP contribution in [0.4, 0.5) is 5.82 Å². The minimum absolute atomic E-state index is 0.0266. The average molecular weight is 470 g/mol. The topological polar surface area (TPSA) is 111 Å². The quantitative estimate of drug-likeness (QED) is 0.464. The van der Waals surface area contributed by atoms with Gasteiger partial charge in [-0.15, -0.1) is 0 Å². The number of aliphatic hydroxyl groups is 1. The van der Waals surface area contributed by atoms with E-state index in [0.29, 0.717) is 29.7 Å². The Hall–Kier alpha value is -1.46. The Kier molecular flexibility index (Phi) is 6.73. The molecule has 0 aromatic carbocycles. The van der Waals surface area contributed by atoms with Gasteiger partial charge in [-0.05, 0) is 38.3 Å². The van der Waals surface area contributed by atoms with Crippen LogP contribution in [-0.4, -0.2) is 59.8 Å². The van der Waals surface area contributed by atoms with Gasteiger partial charge < -0.3 is 19.9 Å². The number of hydrogen-bond donors (Lipinski definition) is 2. The van der Waals surface area contributed by atoms with Gasteiger partial charge in [-0.2, -0.15) is 15.1 Å². The van der Waals surface area contributed by atoms with Crippen molar-refractivity contribution < 1.29 is 19.4 Å². The van der Waals surface area contributed by atoms with Crippen molar-refractivity contribution in [1.29, 1.82) is 0 Å². The third-order valence-electron chi connectivity index (χ3n) is 5.42. The number of carbonyl (C=O) groups excluding carboxylic acids is 1. The molecular weight excluding hydrogens is 442 g/mol. The zero-order chi connectivity index (χ0) is 22.2. The molecule has 0 amide bonds. The molecule has 170 valence electrons. The number of carbonyl (C=O) groups is 1. The minimum atomic E-state index is -1.35. The molecule has 9 nitrogen and oxygen atoms in total. The number of thioether (sulfide) groups is 1. The fourth-order valence-electron chi connectivity index (χ4n) is 4.18. The number of nitrogens with zero attached hydrogens (tertiary/aromatic N) is 4. The Morgan fingerprint density at radius 3 is 2.84 bits per heavy atom. The summed E-state index contributed by atoms with van der Waals surface area (Å²) in [7, 11) is 0. The normalized spacial score (nSPS) is 24.9. The first kappa shape index (κ1) is 22.7. The van der Waals surface area contributed by atoms with E-state index in [2.05, 4.69) is 20.4 Å². The Balaban J connectivity index is 1.64. The van der Waals surface area contributed by atoms with E-state index in [1.165, 1.54) is 31.5 Å². The summed E-state index contributed by atoms with van der Waals surface area (Å²) in [6, 6.07) is 0.361. The zero-order valence-corrected chi connectivity index (χ0v) is 19.4. The predicted molar refractivity (Wildman–Crippen MR) is 119 cm³/mol. The van der Waals surface area contributed by atoms with Crippen molar-refractivity contribution in [2.24, 2.45) is 0 Å². The molecule has 2 N–H and O–H groups in total. The Labute approximate surface area is 190 Å². The summed E-state index contributed by atoms with van der Waals surface area (Å²) in [6.45, 7) is 4.68. The summed E-state index contributed by atoms with van der Waals surface area (Å²) in [5.74, 6) is -0.185. The van der Waals surface area contributed by atoms with Gasteiger partial charge in [-0.1, -0.05) is 24.6 Å². The van der Waals surface area contributed by atoms with Gasteiger partial charge in [0, 0.05) is 25.1 Å². The molecular formula is C20H28ClN5O4S. The molecule has 1 saturated heterocycles. The lowest BCUT2D eigenvalue weighted by molar-refractivity contribution is -0.223. The van der Waals surface area contributed by atoms with Gasteiger partial charge in [-0.3, -0.25) is 4.79 Å². The number of halogens is 1. The Morgan fingerprint density at radius 1 is 1.42 bits per heavy atom. The lowest BCUT2D eigenvalue weighted by Crippen LogP contribution is -2.34. The first-order valence-electron chi connectivity index (χ1n) is 10.6. The predicted octanol–water partition coefficient (Wildman–Crippen LogP) is 3.52. The van der Waals surface area contributed by atoms with Crippen LogP contribution in [-0.2, 0) is 14.3 Å². The molecule has 2 aliphatic rings. The van der Waals surface area contributed by atoms with Gasteiger partial charge in [0.1, 0.15) is 11.9 Å². The van der Waals surface area contributed by atoms with Crippen molar-refractivity contribution in [3.63, 3.8) is 0 Å². The molecule has 1 aliphatic heterocycles. The van der Waals surface area contributed by atoms with Gasteiger partial charge in [0.2, 0.25) is 5.28 Å². The molecule has 1 saturated carbocycles. The van der Waals surface area contributed by atoms with Crippen molar-refractivity contribution in [3.8, 4) is 0 Å². The first-order valence-corrected chi connectivity index (χ1v) is 11.9. The Morgan fingerprint density at radius 2 is 2.16 bits per heavy atom. The average Bonchev–Trinajstić information content (AvgIpc) is 3.38. The Bertz CT molecular complexity index is 944. The van der Waals surface area contributed by atoms with Gasteiger partial charge in [-0.25, -0.2) is 4.68 Å². The second-order valence-corrected chi connectivity index (χ2v) is 10.1. The maximum absolute atomic E-state index is 11.4. The van der Waals surface area contributed by atoms with E-state index in [-0.39, 0.29) is 16.5 Å². The molecule has 0 radical (unpaired) electrons. The molecule has 0 bridgehead atoms. The van der Waals surface area contributed by atoms with Crippen LogP contribution < -0.4 is 5.32 Å². The number of aromatic nitrogens is 4. The molecule has 31 heavy (non-hydrogen) atoms. The fraction of sp³-hybridized carbons (Fsp3) is 0.700. The van der Waals surface area contributed by atoms with E-state index < -0.39 is 18.1 Å². The van der Waals surface area contributed by atoms with Crippen LogP contribution in [0.25, 0.3) is 11.0 Å². The highest BCUT2D eigenvalue weighted by atomic mass is 35.5. The standard InChI is InChI=1S/C20H28ClN5O4S/c1-11(27)31-10-13-8-15(30-20(2,3)28)18(29-13)26-17-14(9-22-26)16(24-19(21)25-17)23-12-6-4-5-7-12/h9,12-13,15,18,28H,4-8,10H2,1-3H3,(H,23,24,25)/t13-,15+,18+/m0/s1. The largest absolute Gasteiger partial charge is 0.367 e. The highest BCUT2D eigenvalue weighted by Gasteiger charge is 2.41. The molecule has 2 aromatic heterocycles. The van der Waals surface area contributed by atoms with Gasteiger partial charge >= 0.3 is 0 Å². The van der Waals surface area contributed by atoms with Gasteiger partial charge in [0.15, 0.2) is 22.8 Å². The van der Waals surface area contributed by atoms with Crippen LogP contribution in [0.1, 0.15) is 59.1 Å². The van der Waals surface area contributed by atoms with Crippen LogP contribution in [0.2, 0.25) is 5.28 Å². The molecule has 3 heterocycles. The molecule has 11 heteroatoms. The minimum Gasteiger partial charge on any atom is -0.367 e. The highest BCUT2D eigenvalue weighted by molar-refractivity contribution is 8.13. The summed E-state index contributed by atoms with van der Waals surface area (Å²) in [6.07, 6.45) is 5.49. The lowest BCUT2D eigenvalue weighted by atomic mass is 10.2. The molecule has 0 spiro atoms. The number of ether oxygens (including phenoxy) is 2. The van der Waals surface area contributed by atoms with Crippen molar-refractivity contribution >= 4 is 45.3 Å². The zero-order valence-electron chi connectivity index (χ0n) is 17.9. The number of anilines is 1. The van der Waals surface area contributed by atoms with E-state index in [9.17, 15) is 9.90 Å². The summed E-state index contributed by atoms with van der Waals surface area (Å²) >= 11 is 7.45. The lowest BCUT2D eigenvalue weighted by Gasteiger charge is -2.26. The van der Waals surface area contributed by atoms with E-state index >= 15 is 0 Å². The maximum Gasteiger partial charge on any atom is 0.226 e. The van der Waals surface area contributed by atoms with Crippen molar-refractivity contribution in [2.45, 2.75) is 83.1 Å². The van der Waals surface area contributed by atoms with Crippen molar-refractivity contribution in [3.05, 3.63) is 11.5 Å². The summed E-state index contributed by atoms with van der Waals surface area (Å²) in [5, 5.41) is 19.1. The molecule has 2 aromatic rings. The van der Waals surface area contributed by atoms with Crippen LogP contribution in [0.3, 0.4) is 0 Å². The first-order chi connectivity index (χ1) is 14.7. The summed E-state index contributed by atoms with van der Waals surface area (Å²) < 4.78 is 13.7. The third kappa shape index (κ3) is 5.48. The number of hydrogen-bond acceptors (Lipinski definition) is 9. The SMILES string of the molecule is CC(=O)SC[C@@H]1C[C@@H](OC(C)(C)O)[C@H](n2ncc3c(NC4CCCC4)nc(Cl)nc32)O1. The van der Waals surface area contributed by atoms with Crippen molar-refractivity contribution in [1.82, 2.24) is 19.7 Å². The monoisotopic (exact) mass is 469 g/mol. The highest BCUT2D eigenvalue weighted by Crippen LogP contribution is 2.37. The molecule has 2 fully saturated rings. The second-order valence-electron chi connectivity index (χ2n) is 8.58. The molecule has 0 unspecified atom stereocenters. The van der Waals surface area contributed by atoms with Gasteiger partial charge in [0.25, 0.3) is 0 Å². The van der Waals surface area contributed by atoms with Crippen LogP contribution in [0, 0.1) is 0 Å². The number of nitrogens with one attached hydrogen (secondary N) is 1. The van der Waals surface area contributed by atoms with Gasteiger partial charge in [0.05, 0.1) is 17.7 Å². The number of rotatable bonds is 7. The number of fused-ring (bicyclic) bond motifs is 1. The summed E-state index contributed by atoms with van der Waals surface area (Å²) in [4.78, 5) is 20.2. The second kappa shape index (κ2) is 9.19. The maximum atomic E-state index is 11.4. The van der Waals surface area contributed by atoms with Crippen molar-refractivity contribution in [2.75, 3.05) is 11.1 Å². The molecule has 1 aliphatic carbocycles. The van der Waals surface area contributed by atoms with Crippen LogP contribution in [0.15, 0.2) is 6.20 Å². The van der Waals surface area contributed by atoms with E-state index in [0.717, 1.165) is 18.2 Å². The van der Waals surface area contributed by atoms with E-state index in [1.807, 2.05) is 0 Å².